The Balaban J connectivity index is 2.37. The van der Waals surface area contributed by atoms with E-state index < -0.39 is 18.0 Å². The van der Waals surface area contributed by atoms with E-state index in [0.717, 1.165) is 12.8 Å². The zero-order chi connectivity index (χ0) is 13.5. The van der Waals surface area contributed by atoms with Gasteiger partial charge < -0.3 is 20.5 Å². The molecule has 1 heterocycles. The molecule has 0 spiro atoms. The van der Waals surface area contributed by atoms with Crippen molar-refractivity contribution < 1.29 is 19.4 Å². The molecule has 3 N–H and O–H groups in total. The van der Waals surface area contributed by atoms with E-state index in [1.165, 1.54) is 0 Å². The Hall–Kier alpha value is -1.30. The highest BCUT2D eigenvalue weighted by Crippen LogP contribution is 2.07. The van der Waals surface area contributed by atoms with Crippen LogP contribution in [0.25, 0.3) is 0 Å². The lowest BCUT2D eigenvalue weighted by Crippen LogP contribution is -2.50. The Morgan fingerprint density at radius 1 is 1.33 bits per heavy atom. The van der Waals surface area contributed by atoms with Crippen molar-refractivity contribution >= 4 is 12.0 Å². The van der Waals surface area contributed by atoms with E-state index in [1.807, 2.05) is 13.8 Å². The molecule has 18 heavy (non-hydrogen) atoms. The topological polar surface area (TPSA) is 87.7 Å². The molecular formula is C12H22N2O4. The molecule has 0 aromatic rings. The average molecular weight is 258 g/mol. The fraction of sp³-hybridized carbons (Fsp3) is 0.833. The monoisotopic (exact) mass is 258 g/mol. The standard InChI is InChI=1S/C12H22N2O4/c1-8(2)7-10(11(15)16)14-12(17)13-9-3-5-18-6-4-9/h8-10H,3-7H2,1-2H3,(H,15,16)(H2,13,14,17)/t10-/m1/s1. The first-order valence-electron chi connectivity index (χ1n) is 6.36. The van der Waals surface area contributed by atoms with Gasteiger partial charge in [0.25, 0.3) is 0 Å². The number of urea groups is 1. The Labute approximate surface area is 107 Å². The van der Waals surface area contributed by atoms with Crippen LogP contribution in [0.15, 0.2) is 0 Å². The number of hydrogen-bond donors (Lipinski definition) is 3. The summed E-state index contributed by atoms with van der Waals surface area (Å²) in [6.45, 7) is 5.13. The molecule has 1 atom stereocenters. The van der Waals surface area contributed by atoms with E-state index in [-0.39, 0.29) is 12.0 Å². The summed E-state index contributed by atoms with van der Waals surface area (Å²) in [6.07, 6.45) is 1.97. The second kappa shape index (κ2) is 7.20. The van der Waals surface area contributed by atoms with Gasteiger partial charge in [-0.1, -0.05) is 13.8 Å². The number of carbonyl (C=O) groups is 2. The maximum absolute atomic E-state index is 11.7. The zero-order valence-electron chi connectivity index (χ0n) is 10.9. The molecule has 2 amide bonds. The first-order chi connectivity index (χ1) is 8.49. The minimum absolute atomic E-state index is 0.0762. The summed E-state index contributed by atoms with van der Waals surface area (Å²) in [5.41, 5.74) is 0. The molecular weight excluding hydrogens is 236 g/mol. The maximum atomic E-state index is 11.7. The molecule has 0 bridgehead atoms. The molecule has 0 radical (unpaired) electrons. The van der Waals surface area contributed by atoms with Gasteiger partial charge in [0.05, 0.1) is 0 Å². The molecule has 1 rings (SSSR count). The summed E-state index contributed by atoms with van der Waals surface area (Å²) in [4.78, 5) is 22.7. The number of aliphatic carboxylic acids is 1. The average Bonchev–Trinajstić information content (AvgIpc) is 2.28. The van der Waals surface area contributed by atoms with E-state index in [2.05, 4.69) is 10.6 Å². The lowest BCUT2D eigenvalue weighted by Gasteiger charge is -2.24. The molecule has 1 aliphatic rings. The summed E-state index contributed by atoms with van der Waals surface area (Å²) in [5.74, 6) is -0.777. The number of carboxylic acid groups (broad SMARTS) is 1. The highest BCUT2D eigenvalue weighted by atomic mass is 16.5. The molecule has 0 aromatic carbocycles. The van der Waals surface area contributed by atoms with Crippen LogP contribution in [0.4, 0.5) is 4.79 Å². The van der Waals surface area contributed by atoms with Crippen molar-refractivity contribution in [3.8, 4) is 0 Å². The quantitative estimate of drug-likeness (QED) is 0.685. The predicted molar refractivity (Wildman–Crippen MR) is 66.4 cm³/mol. The second-order valence-electron chi connectivity index (χ2n) is 5.02. The molecule has 0 unspecified atom stereocenters. The number of carbonyl (C=O) groups excluding carboxylic acids is 1. The van der Waals surface area contributed by atoms with Gasteiger partial charge in [0, 0.05) is 19.3 Å². The van der Waals surface area contributed by atoms with Crippen molar-refractivity contribution in [1.82, 2.24) is 10.6 Å². The largest absolute Gasteiger partial charge is 0.480 e. The molecule has 1 aliphatic heterocycles. The fourth-order valence-corrected chi connectivity index (χ4v) is 1.92. The van der Waals surface area contributed by atoms with E-state index in [1.54, 1.807) is 0 Å². The van der Waals surface area contributed by atoms with Crippen molar-refractivity contribution in [2.75, 3.05) is 13.2 Å². The molecule has 6 nitrogen and oxygen atoms in total. The predicted octanol–water partition coefficient (Wildman–Crippen LogP) is 0.964. The smallest absolute Gasteiger partial charge is 0.326 e. The van der Waals surface area contributed by atoms with Gasteiger partial charge in [-0.05, 0) is 25.2 Å². The minimum atomic E-state index is -0.995. The summed E-state index contributed by atoms with van der Waals surface area (Å²) in [5, 5.41) is 14.3. The molecule has 6 heteroatoms. The van der Waals surface area contributed by atoms with Gasteiger partial charge in [-0.3, -0.25) is 0 Å². The third-order valence-electron chi connectivity index (χ3n) is 2.87. The van der Waals surface area contributed by atoms with Crippen LogP contribution < -0.4 is 10.6 Å². The van der Waals surface area contributed by atoms with Crippen LogP contribution in [0.2, 0.25) is 0 Å². The first-order valence-corrected chi connectivity index (χ1v) is 6.36. The SMILES string of the molecule is CC(C)C[C@@H](NC(=O)NC1CCOCC1)C(=O)O. The van der Waals surface area contributed by atoms with E-state index in [4.69, 9.17) is 9.84 Å². The number of amides is 2. The van der Waals surface area contributed by atoms with Crippen molar-refractivity contribution in [2.24, 2.45) is 5.92 Å². The Kier molecular flexibility index (Phi) is 5.91. The van der Waals surface area contributed by atoms with Crippen molar-refractivity contribution in [1.29, 1.82) is 0 Å². The van der Waals surface area contributed by atoms with Gasteiger partial charge >= 0.3 is 12.0 Å². The summed E-state index contributed by atoms with van der Waals surface area (Å²) < 4.78 is 5.19. The maximum Gasteiger partial charge on any atom is 0.326 e. The van der Waals surface area contributed by atoms with Gasteiger partial charge in [-0.25, -0.2) is 9.59 Å². The summed E-state index contributed by atoms with van der Waals surface area (Å²) in [7, 11) is 0. The van der Waals surface area contributed by atoms with E-state index in [9.17, 15) is 9.59 Å². The molecule has 1 saturated heterocycles. The number of ether oxygens (including phenoxy) is 1. The number of carboxylic acids is 1. The van der Waals surface area contributed by atoms with Gasteiger partial charge in [-0.15, -0.1) is 0 Å². The van der Waals surface area contributed by atoms with Crippen LogP contribution >= 0.6 is 0 Å². The molecule has 0 aromatic heterocycles. The Bertz CT molecular complexity index is 288. The number of rotatable bonds is 5. The summed E-state index contributed by atoms with van der Waals surface area (Å²) >= 11 is 0. The van der Waals surface area contributed by atoms with Crippen LogP contribution in [0.3, 0.4) is 0 Å². The Morgan fingerprint density at radius 3 is 2.44 bits per heavy atom. The van der Waals surface area contributed by atoms with Crippen molar-refractivity contribution in [3.63, 3.8) is 0 Å². The van der Waals surface area contributed by atoms with Gasteiger partial charge in [-0.2, -0.15) is 0 Å². The Morgan fingerprint density at radius 2 is 1.94 bits per heavy atom. The van der Waals surface area contributed by atoms with Gasteiger partial charge in [0.2, 0.25) is 0 Å². The normalized spacial score (nSPS) is 18.4. The fourth-order valence-electron chi connectivity index (χ4n) is 1.92. The third-order valence-corrected chi connectivity index (χ3v) is 2.87. The van der Waals surface area contributed by atoms with Crippen LogP contribution in [-0.4, -0.2) is 42.4 Å². The molecule has 1 fully saturated rings. The molecule has 0 saturated carbocycles. The highest BCUT2D eigenvalue weighted by molar-refractivity contribution is 5.82. The van der Waals surface area contributed by atoms with E-state index in [0.29, 0.717) is 19.6 Å². The zero-order valence-corrected chi connectivity index (χ0v) is 10.9. The van der Waals surface area contributed by atoms with Crippen LogP contribution in [0.5, 0.6) is 0 Å². The van der Waals surface area contributed by atoms with Crippen molar-refractivity contribution in [2.45, 2.75) is 45.2 Å². The minimum Gasteiger partial charge on any atom is -0.480 e. The lowest BCUT2D eigenvalue weighted by atomic mass is 10.0. The van der Waals surface area contributed by atoms with Crippen LogP contribution in [-0.2, 0) is 9.53 Å². The van der Waals surface area contributed by atoms with Gasteiger partial charge in [0.1, 0.15) is 6.04 Å². The number of nitrogens with one attached hydrogen (secondary N) is 2. The van der Waals surface area contributed by atoms with Crippen molar-refractivity contribution in [3.05, 3.63) is 0 Å². The molecule has 0 aliphatic carbocycles. The summed E-state index contributed by atoms with van der Waals surface area (Å²) in [6, 6.07) is -1.16. The first kappa shape index (κ1) is 14.8. The lowest BCUT2D eigenvalue weighted by molar-refractivity contribution is -0.139. The third kappa shape index (κ3) is 5.35. The highest BCUT2D eigenvalue weighted by Gasteiger charge is 2.23. The van der Waals surface area contributed by atoms with Crippen LogP contribution in [0.1, 0.15) is 33.1 Å². The van der Waals surface area contributed by atoms with Gasteiger partial charge in [0.15, 0.2) is 0 Å². The molecule has 104 valence electrons. The number of hydrogen-bond acceptors (Lipinski definition) is 3. The second-order valence-corrected chi connectivity index (χ2v) is 5.02. The van der Waals surface area contributed by atoms with E-state index >= 15 is 0 Å². The van der Waals surface area contributed by atoms with Crippen LogP contribution in [0, 0.1) is 5.92 Å².